The zero-order chi connectivity index (χ0) is 15.7. The maximum atomic E-state index is 12.5. The van der Waals surface area contributed by atoms with Crippen LogP contribution < -0.4 is 4.72 Å². The number of halogens is 1. The third-order valence-electron chi connectivity index (χ3n) is 3.64. The van der Waals surface area contributed by atoms with Gasteiger partial charge in [-0.05, 0) is 31.0 Å². The van der Waals surface area contributed by atoms with Crippen LogP contribution in [0.5, 0.6) is 0 Å². The van der Waals surface area contributed by atoms with Gasteiger partial charge >= 0.3 is 0 Å². The van der Waals surface area contributed by atoms with Gasteiger partial charge in [0, 0.05) is 17.8 Å². The average molecular weight is 342 g/mol. The monoisotopic (exact) mass is 341 g/mol. The molecule has 0 saturated carbocycles. The Labute approximate surface area is 134 Å². The first-order chi connectivity index (χ1) is 10.5. The topological polar surface area (TPSA) is 73.2 Å². The lowest BCUT2D eigenvalue weighted by Gasteiger charge is -2.10. The second-order valence-electron chi connectivity index (χ2n) is 5.19. The van der Waals surface area contributed by atoms with Gasteiger partial charge in [0.25, 0.3) is 10.0 Å². The molecule has 118 valence electrons. The molecule has 1 unspecified atom stereocenters. The second-order valence-corrected chi connectivity index (χ2v) is 7.25. The van der Waals surface area contributed by atoms with E-state index < -0.39 is 10.0 Å². The summed E-state index contributed by atoms with van der Waals surface area (Å²) < 4.78 is 34.5. The normalized spacial score (nSPS) is 18.5. The van der Waals surface area contributed by atoms with Crippen LogP contribution in [0.25, 0.3) is 0 Å². The van der Waals surface area contributed by atoms with E-state index >= 15 is 0 Å². The van der Waals surface area contributed by atoms with Crippen molar-refractivity contribution < 1.29 is 13.2 Å². The fraction of sp³-hybridized carbons (Fsp3) is 0.357. The Morgan fingerprint density at radius 2 is 2.27 bits per heavy atom. The van der Waals surface area contributed by atoms with Gasteiger partial charge in [0.1, 0.15) is 0 Å². The minimum absolute atomic E-state index is 0.158. The van der Waals surface area contributed by atoms with Gasteiger partial charge in [0.15, 0.2) is 0 Å². The molecule has 1 atom stereocenters. The molecule has 0 amide bonds. The summed E-state index contributed by atoms with van der Waals surface area (Å²) in [4.78, 5) is 0.164. The smallest absolute Gasteiger partial charge is 0.262 e. The third-order valence-corrected chi connectivity index (χ3v) is 5.58. The molecule has 0 bridgehead atoms. The van der Waals surface area contributed by atoms with Gasteiger partial charge in [-0.3, -0.25) is 9.40 Å². The Morgan fingerprint density at radius 1 is 1.45 bits per heavy atom. The number of aromatic nitrogens is 2. The maximum absolute atomic E-state index is 12.5. The highest BCUT2D eigenvalue weighted by Gasteiger charge is 2.21. The highest BCUT2D eigenvalue weighted by molar-refractivity contribution is 7.92. The van der Waals surface area contributed by atoms with Crippen molar-refractivity contribution >= 4 is 27.3 Å². The lowest BCUT2D eigenvalue weighted by atomic mass is 10.2. The summed E-state index contributed by atoms with van der Waals surface area (Å²) in [6.45, 7) is 2.98. The minimum atomic E-state index is -3.70. The van der Waals surface area contributed by atoms with Crippen LogP contribution >= 0.6 is 11.6 Å². The van der Waals surface area contributed by atoms with E-state index in [1.165, 1.54) is 12.3 Å². The molecule has 2 aromatic rings. The van der Waals surface area contributed by atoms with Gasteiger partial charge in [-0.1, -0.05) is 17.7 Å². The third kappa shape index (κ3) is 2.97. The largest absolute Gasteiger partial charge is 0.379 e. The van der Waals surface area contributed by atoms with Crippen molar-refractivity contribution in [3.05, 3.63) is 41.2 Å². The predicted molar refractivity (Wildman–Crippen MR) is 83.7 cm³/mol. The summed E-state index contributed by atoms with van der Waals surface area (Å²) in [5.74, 6) is 0. The molecule has 6 nitrogen and oxygen atoms in total. The van der Waals surface area contributed by atoms with E-state index in [4.69, 9.17) is 16.3 Å². The van der Waals surface area contributed by atoms with Crippen molar-refractivity contribution in [1.82, 2.24) is 9.78 Å². The molecule has 0 radical (unpaired) electrons. The SMILES string of the molecule is Cc1c(Cl)cccc1S(=O)(=O)Nc1cnn(C2CCOC2)c1. The summed E-state index contributed by atoms with van der Waals surface area (Å²) in [5, 5.41) is 4.62. The first-order valence-electron chi connectivity index (χ1n) is 6.87. The summed E-state index contributed by atoms with van der Waals surface area (Å²) in [7, 11) is -3.70. The zero-order valence-electron chi connectivity index (χ0n) is 12.0. The fourth-order valence-electron chi connectivity index (χ4n) is 2.41. The second kappa shape index (κ2) is 5.91. The van der Waals surface area contributed by atoms with Crippen molar-refractivity contribution in [2.45, 2.75) is 24.3 Å². The molecule has 8 heteroatoms. The highest BCUT2D eigenvalue weighted by Crippen LogP contribution is 2.25. The van der Waals surface area contributed by atoms with E-state index in [2.05, 4.69) is 9.82 Å². The quantitative estimate of drug-likeness (QED) is 0.927. The Balaban J connectivity index is 1.84. The van der Waals surface area contributed by atoms with E-state index in [1.54, 1.807) is 29.9 Å². The highest BCUT2D eigenvalue weighted by atomic mass is 35.5. The van der Waals surface area contributed by atoms with Crippen LogP contribution in [0, 0.1) is 6.92 Å². The molecule has 1 aliphatic rings. The molecule has 1 N–H and O–H groups in total. The number of ether oxygens (including phenoxy) is 1. The molecule has 1 aromatic carbocycles. The molecule has 2 heterocycles. The number of nitrogens with one attached hydrogen (secondary N) is 1. The number of nitrogens with zero attached hydrogens (tertiary/aromatic N) is 2. The summed E-state index contributed by atoms with van der Waals surface area (Å²) in [5.41, 5.74) is 0.944. The summed E-state index contributed by atoms with van der Waals surface area (Å²) in [6, 6.07) is 4.96. The molecule has 3 rings (SSSR count). The van der Waals surface area contributed by atoms with Crippen LogP contribution in [-0.2, 0) is 14.8 Å². The summed E-state index contributed by atoms with van der Waals surface area (Å²) in [6.07, 6.45) is 4.05. The van der Waals surface area contributed by atoms with Crippen molar-refractivity contribution in [3.8, 4) is 0 Å². The molecule has 22 heavy (non-hydrogen) atoms. The van der Waals surface area contributed by atoms with Gasteiger partial charge in [-0.15, -0.1) is 0 Å². The molecule has 1 aliphatic heterocycles. The Hall–Kier alpha value is -1.57. The lowest BCUT2D eigenvalue weighted by molar-refractivity contribution is 0.184. The molecule has 0 aliphatic carbocycles. The minimum Gasteiger partial charge on any atom is -0.379 e. The van der Waals surface area contributed by atoms with E-state index in [0.717, 1.165) is 6.42 Å². The Kier molecular flexibility index (Phi) is 4.12. The van der Waals surface area contributed by atoms with Gasteiger partial charge in [-0.25, -0.2) is 8.42 Å². The molecular weight excluding hydrogens is 326 g/mol. The van der Waals surface area contributed by atoms with Crippen LogP contribution in [0.4, 0.5) is 5.69 Å². The number of anilines is 1. The van der Waals surface area contributed by atoms with Crippen molar-refractivity contribution in [2.75, 3.05) is 17.9 Å². The van der Waals surface area contributed by atoms with Gasteiger partial charge in [0.05, 0.1) is 29.4 Å². The van der Waals surface area contributed by atoms with E-state index in [9.17, 15) is 8.42 Å². The van der Waals surface area contributed by atoms with E-state index in [-0.39, 0.29) is 10.9 Å². The van der Waals surface area contributed by atoms with Gasteiger partial charge < -0.3 is 4.74 Å². The average Bonchev–Trinajstić information content (AvgIpc) is 3.11. The molecule has 1 aromatic heterocycles. The molecule has 0 spiro atoms. The van der Waals surface area contributed by atoms with Crippen LogP contribution in [0.3, 0.4) is 0 Å². The Bertz CT molecular complexity index is 782. The van der Waals surface area contributed by atoms with Crippen LogP contribution in [0.2, 0.25) is 5.02 Å². The molecule has 1 saturated heterocycles. The van der Waals surface area contributed by atoms with Gasteiger partial charge in [0.2, 0.25) is 0 Å². The van der Waals surface area contributed by atoms with Crippen LogP contribution in [-0.4, -0.2) is 31.4 Å². The Morgan fingerprint density at radius 3 is 3.00 bits per heavy atom. The van der Waals surface area contributed by atoms with Crippen molar-refractivity contribution in [3.63, 3.8) is 0 Å². The summed E-state index contributed by atoms with van der Waals surface area (Å²) >= 11 is 5.99. The first-order valence-corrected chi connectivity index (χ1v) is 8.73. The number of sulfonamides is 1. The lowest BCUT2D eigenvalue weighted by Crippen LogP contribution is -2.14. The van der Waals surface area contributed by atoms with Crippen LogP contribution in [0.1, 0.15) is 18.0 Å². The predicted octanol–water partition coefficient (Wildman–Crippen LogP) is 2.61. The van der Waals surface area contributed by atoms with Crippen molar-refractivity contribution in [1.29, 1.82) is 0 Å². The van der Waals surface area contributed by atoms with Crippen LogP contribution in [0.15, 0.2) is 35.5 Å². The number of rotatable bonds is 4. The number of benzene rings is 1. The first kappa shape index (κ1) is 15.3. The van der Waals surface area contributed by atoms with E-state index in [0.29, 0.717) is 29.5 Å². The molecular formula is C14H16ClN3O3S. The van der Waals surface area contributed by atoms with E-state index in [1.807, 2.05) is 0 Å². The fourth-order valence-corrected chi connectivity index (χ4v) is 3.94. The maximum Gasteiger partial charge on any atom is 0.262 e. The molecule has 1 fully saturated rings. The number of hydrogen-bond acceptors (Lipinski definition) is 4. The van der Waals surface area contributed by atoms with Gasteiger partial charge in [-0.2, -0.15) is 5.10 Å². The standard InChI is InChI=1S/C14H16ClN3O3S/c1-10-13(15)3-2-4-14(10)22(19,20)17-11-7-16-18(8-11)12-5-6-21-9-12/h2-4,7-8,12,17H,5-6,9H2,1H3. The zero-order valence-corrected chi connectivity index (χ0v) is 13.6. The number of hydrogen-bond donors (Lipinski definition) is 1. The van der Waals surface area contributed by atoms with Crippen molar-refractivity contribution in [2.24, 2.45) is 0 Å².